The van der Waals surface area contributed by atoms with E-state index in [0.717, 1.165) is 0 Å². The topological polar surface area (TPSA) is 103 Å². The van der Waals surface area contributed by atoms with Gasteiger partial charge < -0.3 is 10.1 Å². The third-order valence-corrected chi connectivity index (χ3v) is 4.32. The Hall–Kier alpha value is -3.48. The Labute approximate surface area is 168 Å². The molecule has 1 unspecified atom stereocenters. The molecule has 0 amide bonds. The van der Waals surface area contributed by atoms with Crippen LogP contribution in [-0.4, -0.2) is 37.4 Å². The Morgan fingerprint density at radius 3 is 2.90 bits per heavy atom. The summed E-state index contributed by atoms with van der Waals surface area (Å²) in [5, 5.41) is 10.1. The highest BCUT2D eigenvalue weighted by Crippen LogP contribution is 2.29. The molecule has 7 nitrogen and oxygen atoms in total. The van der Waals surface area contributed by atoms with E-state index < -0.39 is 15.5 Å². The van der Waals surface area contributed by atoms with Gasteiger partial charge in [0, 0.05) is 33.1 Å². The van der Waals surface area contributed by atoms with Crippen molar-refractivity contribution in [2.45, 2.75) is 0 Å². The van der Waals surface area contributed by atoms with Crippen molar-refractivity contribution in [3.63, 3.8) is 0 Å². The second kappa shape index (κ2) is 8.68. The Balaban J connectivity index is 1.91. The number of hydrogen-bond donors (Lipinski definition) is 2. The number of rotatable bonds is 6. The van der Waals surface area contributed by atoms with E-state index in [2.05, 4.69) is 26.2 Å². The second-order valence-corrected chi connectivity index (χ2v) is 8.27. The molecule has 1 heterocycles. The lowest BCUT2D eigenvalue weighted by Crippen LogP contribution is -2.13. The summed E-state index contributed by atoms with van der Waals surface area (Å²) < 4.78 is 30.8. The molecule has 2 aromatic carbocycles. The monoisotopic (exact) mass is 411 g/mol. The van der Waals surface area contributed by atoms with Crippen LogP contribution in [0.3, 0.4) is 0 Å². The lowest BCUT2D eigenvalue weighted by atomic mass is 10.2. The molecule has 1 atom stereocenters. The summed E-state index contributed by atoms with van der Waals surface area (Å²) in [7, 11) is -2.53. The molecule has 0 bridgehead atoms. The fourth-order valence-electron chi connectivity index (χ4n) is 2.50. The van der Waals surface area contributed by atoms with Crippen LogP contribution in [0, 0.1) is 18.2 Å². The minimum Gasteiger partial charge on any atom is -0.480 e. The summed E-state index contributed by atoms with van der Waals surface area (Å²) in [5.41, 5.74) is 1.84. The van der Waals surface area contributed by atoms with Gasteiger partial charge in [0.25, 0.3) is 0 Å². The Bertz CT molecular complexity index is 1190. The quantitative estimate of drug-likeness (QED) is 0.477. The van der Waals surface area contributed by atoms with Crippen LogP contribution < -0.4 is 15.2 Å². The molecule has 29 heavy (non-hydrogen) atoms. The molecular weight excluding hydrogens is 393 g/mol. The van der Waals surface area contributed by atoms with E-state index in [9.17, 15) is 8.60 Å². The zero-order valence-corrected chi connectivity index (χ0v) is 16.3. The molecule has 3 rings (SSSR count). The molecule has 1 aromatic heterocycles. The molecule has 0 saturated carbocycles. The average Bonchev–Trinajstić information content (AvgIpc) is 2.65. The van der Waals surface area contributed by atoms with Crippen LogP contribution in [0.4, 0.5) is 16.0 Å². The molecule has 148 valence electrons. The van der Waals surface area contributed by atoms with Gasteiger partial charge in [0.1, 0.15) is 24.5 Å². The molecule has 0 saturated heterocycles. The number of benzene rings is 2. The highest BCUT2D eigenvalue weighted by atomic mass is 32.2. The number of terminal acetylenes is 1. The minimum absolute atomic E-state index is 0.0162. The van der Waals surface area contributed by atoms with E-state index >= 15 is 0 Å². The summed E-state index contributed by atoms with van der Waals surface area (Å²) in [6.07, 6.45) is 7.99. The predicted octanol–water partition coefficient (Wildman–Crippen LogP) is 2.37. The summed E-state index contributed by atoms with van der Waals surface area (Å²) in [6.45, 7) is -0.0162. The van der Waals surface area contributed by atoms with Crippen molar-refractivity contribution in [3.8, 4) is 29.5 Å². The van der Waals surface area contributed by atoms with Crippen LogP contribution >= 0.6 is 0 Å². The van der Waals surface area contributed by atoms with Crippen LogP contribution in [0.25, 0.3) is 11.4 Å². The Morgan fingerprint density at radius 1 is 1.31 bits per heavy atom. The van der Waals surface area contributed by atoms with Gasteiger partial charge in [-0.3, -0.25) is 9.35 Å². The number of nitrogens with one attached hydrogen (secondary N) is 1. The first-order valence-corrected chi connectivity index (χ1v) is 10.5. The van der Waals surface area contributed by atoms with Gasteiger partial charge in [0.15, 0.2) is 5.82 Å². The molecule has 9 heteroatoms. The van der Waals surface area contributed by atoms with Crippen molar-refractivity contribution in [2.75, 3.05) is 18.2 Å². The first kappa shape index (κ1) is 20.3. The highest BCUT2D eigenvalue weighted by Gasteiger charge is 2.12. The normalized spacial score (nSPS) is 12.5. The minimum atomic E-state index is -2.53. The van der Waals surface area contributed by atoms with Gasteiger partial charge in [0.05, 0.1) is 5.56 Å². The number of nitrogens with two attached hydrogens (primary N) is 1. The van der Waals surface area contributed by atoms with Gasteiger partial charge >= 0.3 is 0 Å². The number of ether oxygens (including phenoxy) is 1. The van der Waals surface area contributed by atoms with E-state index in [0.29, 0.717) is 16.8 Å². The first-order valence-electron chi connectivity index (χ1n) is 8.38. The maximum Gasteiger partial charge on any atom is 0.230 e. The van der Waals surface area contributed by atoms with Crippen molar-refractivity contribution < 1.29 is 13.3 Å². The van der Waals surface area contributed by atoms with Crippen molar-refractivity contribution in [2.24, 2.45) is 5.14 Å². The predicted molar refractivity (Wildman–Crippen MR) is 113 cm³/mol. The molecule has 0 radical (unpaired) electrons. The molecule has 0 spiro atoms. The van der Waals surface area contributed by atoms with Crippen molar-refractivity contribution in [3.05, 3.63) is 60.2 Å². The van der Waals surface area contributed by atoms with Crippen LogP contribution in [0.5, 0.6) is 5.75 Å². The third kappa shape index (κ3) is 5.75. The van der Waals surface area contributed by atoms with E-state index in [1.807, 2.05) is 0 Å². The number of hydrogen-bond acceptors (Lipinski definition) is 6. The van der Waals surface area contributed by atoms with Crippen molar-refractivity contribution in [1.29, 1.82) is 0 Å². The fourth-order valence-corrected chi connectivity index (χ4v) is 3.18. The second-order valence-electron chi connectivity index (χ2n) is 6.10. The highest BCUT2D eigenvalue weighted by molar-refractivity contribution is 7.98. The smallest absolute Gasteiger partial charge is 0.230 e. The lowest BCUT2D eigenvalue weighted by Gasteiger charge is -2.10. The Kier molecular flexibility index (Phi) is 6.07. The number of nitrogens with zero attached hydrogens (tertiary/aromatic N) is 3. The SMILES string of the molecule is C#CCOc1cc(F)ccc1-c1ncnc(Nc2cccc(C=S(C)(N)=O)c2)n1. The summed E-state index contributed by atoms with van der Waals surface area (Å²) >= 11 is 0. The Morgan fingerprint density at radius 2 is 2.14 bits per heavy atom. The zero-order valence-electron chi connectivity index (χ0n) is 15.5. The van der Waals surface area contributed by atoms with Crippen LogP contribution in [0.2, 0.25) is 0 Å². The molecule has 3 N–H and O–H groups in total. The zero-order chi connectivity index (χ0) is 20.9. The molecule has 0 aliphatic heterocycles. The molecule has 3 aromatic rings. The standard InChI is InChI=1S/C20H18FN5O2S/c1-3-9-28-18-11-15(21)7-8-17(18)19-23-13-24-20(26-19)25-16-6-4-5-14(10-16)12-29(2,22)27/h1,4-8,10-13H,9H2,2H3,(H2,22,27)(H,23,24,25,26). The summed E-state index contributed by atoms with van der Waals surface area (Å²) in [6, 6.07) is 11.1. The largest absolute Gasteiger partial charge is 0.480 e. The molecule has 0 aliphatic carbocycles. The number of anilines is 2. The molecule has 0 aliphatic rings. The molecule has 0 fully saturated rings. The fraction of sp³-hybridized carbons (Fsp3) is 0.100. The van der Waals surface area contributed by atoms with Gasteiger partial charge in [-0.05, 0) is 29.8 Å². The lowest BCUT2D eigenvalue weighted by molar-refractivity contribution is 0.369. The van der Waals surface area contributed by atoms with E-state index in [1.54, 1.807) is 24.3 Å². The average molecular weight is 411 g/mol. The van der Waals surface area contributed by atoms with E-state index in [-0.39, 0.29) is 24.1 Å². The van der Waals surface area contributed by atoms with Crippen LogP contribution in [0.1, 0.15) is 5.56 Å². The van der Waals surface area contributed by atoms with Gasteiger partial charge in [-0.2, -0.15) is 4.98 Å². The van der Waals surface area contributed by atoms with E-state index in [4.69, 9.17) is 16.3 Å². The number of halogens is 1. The van der Waals surface area contributed by atoms with Crippen molar-refractivity contribution >= 4 is 26.7 Å². The van der Waals surface area contributed by atoms with E-state index in [1.165, 1.54) is 36.1 Å². The van der Waals surface area contributed by atoms with Gasteiger partial charge in [-0.25, -0.2) is 14.4 Å². The van der Waals surface area contributed by atoms with Gasteiger partial charge in [-0.1, -0.05) is 18.1 Å². The van der Waals surface area contributed by atoms with Crippen LogP contribution in [-0.2, 0) is 9.71 Å². The number of aromatic nitrogens is 3. The summed E-state index contributed by atoms with van der Waals surface area (Å²) in [4.78, 5) is 12.6. The van der Waals surface area contributed by atoms with Gasteiger partial charge in [-0.15, -0.1) is 6.42 Å². The summed E-state index contributed by atoms with van der Waals surface area (Å²) in [5.74, 6) is 2.66. The third-order valence-electron chi connectivity index (χ3n) is 3.58. The van der Waals surface area contributed by atoms with Crippen LogP contribution in [0.15, 0.2) is 48.8 Å². The van der Waals surface area contributed by atoms with Crippen molar-refractivity contribution in [1.82, 2.24) is 15.0 Å². The van der Waals surface area contributed by atoms with Gasteiger partial charge in [0.2, 0.25) is 5.95 Å². The maximum absolute atomic E-state index is 13.6. The maximum atomic E-state index is 13.6. The first-order chi connectivity index (χ1) is 13.8. The molecular formula is C20H18FN5O2S.